The zero-order chi connectivity index (χ0) is 19.1. The molecule has 142 valence electrons. The summed E-state index contributed by atoms with van der Waals surface area (Å²) in [5.74, 6) is -2.08. The topological polar surface area (TPSA) is 116 Å². The lowest BCUT2D eigenvalue weighted by Crippen LogP contribution is -2.54. The maximum atomic E-state index is 12.8. The van der Waals surface area contributed by atoms with Gasteiger partial charge in [-0.2, -0.15) is 0 Å². The fraction of sp³-hybridized carbons (Fsp3) is 0.444. The second-order valence-corrected chi connectivity index (χ2v) is 6.80. The molecule has 1 aromatic carbocycles. The van der Waals surface area contributed by atoms with E-state index in [1.165, 1.54) is 0 Å². The molecule has 0 radical (unpaired) electrons. The van der Waals surface area contributed by atoms with E-state index in [4.69, 9.17) is 4.74 Å². The van der Waals surface area contributed by atoms with Crippen LogP contribution in [0.15, 0.2) is 18.2 Å². The Kier molecular flexibility index (Phi) is 4.40. The van der Waals surface area contributed by atoms with Gasteiger partial charge in [-0.25, -0.2) is 0 Å². The van der Waals surface area contributed by atoms with Crippen LogP contribution in [0.1, 0.15) is 33.6 Å². The van der Waals surface area contributed by atoms with E-state index in [-0.39, 0.29) is 36.7 Å². The van der Waals surface area contributed by atoms with Gasteiger partial charge >= 0.3 is 0 Å². The molecule has 3 aliphatic heterocycles. The van der Waals surface area contributed by atoms with Crippen molar-refractivity contribution in [1.29, 1.82) is 0 Å². The van der Waals surface area contributed by atoms with Crippen LogP contribution in [0, 0.1) is 0 Å². The first-order valence-corrected chi connectivity index (χ1v) is 8.82. The minimum absolute atomic E-state index is 0.0887. The fourth-order valence-corrected chi connectivity index (χ4v) is 3.72. The van der Waals surface area contributed by atoms with Crippen molar-refractivity contribution in [2.75, 3.05) is 31.2 Å². The molecule has 3 aliphatic rings. The molecule has 2 saturated heterocycles. The van der Waals surface area contributed by atoms with E-state index in [9.17, 15) is 24.3 Å². The number of morpholine rings is 1. The zero-order valence-electron chi connectivity index (χ0n) is 14.5. The molecule has 2 atom stereocenters. The van der Waals surface area contributed by atoms with Gasteiger partial charge in [0.15, 0.2) is 0 Å². The molecule has 4 rings (SSSR count). The largest absolute Gasteiger partial charge is 0.394 e. The Morgan fingerprint density at radius 2 is 1.93 bits per heavy atom. The Hall–Kier alpha value is -2.78. The molecule has 0 saturated carbocycles. The van der Waals surface area contributed by atoms with Gasteiger partial charge in [-0.1, -0.05) is 0 Å². The monoisotopic (exact) mass is 373 g/mol. The second kappa shape index (κ2) is 6.75. The normalized spacial score (nSPS) is 25.7. The molecule has 2 fully saturated rings. The van der Waals surface area contributed by atoms with Crippen molar-refractivity contribution >= 4 is 29.3 Å². The zero-order valence-corrected chi connectivity index (χ0v) is 14.5. The van der Waals surface area contributed by atoms with Gasteiger partial charge in [0.2, 0.25) is 11.8 Å². The van der Waals surface area contributed by atoms with Crippen molar-refractivity contribution in [2.24, 2.45) is 0 Å². The van der Waals surface area contributed by atoms with Gasteiger partial charge in [0.25, 0.3) is 11.8 Å². The average molecular weight is 373 g/mol. The highest BCUT2D eigenvalue weighted by atomic mass is 16.5. The molecule has 1 aromatic rings. The first-order valence-electron chi connectivity index (χ1n) is 8.82. The van der Waals surface area contributed by atoms with Crippen LogP contribution >= 0.6 is 0 Å². The maximum absolute atomic E-state index is 12.8. The first-order chi connectivity index (χ1) is 13.0. The number of nitrogens with zero attached hydrogens (tertiary/aromatic N) is 2. The molecule has 9 heteroatoms. The Balaban J connectivity index is 1.60. The number of carbonyl (C=O) groups is 4. The average Bonchev–Trinajstić information content (AvgIpc) is 2.92. The predicted molar refractivity (Wildman–Crippen MR) is 92.2 cm³/mol. The SMILES string of the molecule is O=C1CC[C@@H](N2C(=O)c3ccc(N4CCO[C@H](CO)C4)cc3C2=O)C(=O)N1. The van der Waals surface area contributed by atoms with Crippen molar-refractivity contribution < 1.29 is 29.0 Å². The molecule has 0 spiro atoms. The van der Waals surface area contributed by atoms with Gasteiger partial charge in [-0.15, -0.1) is 0 Å². The number of benzene rings is 1. The smallest absolute Gasteiger partial charge is 0.262 e. The quantitative estimate of drug-likeness (QED) is 0.672. The summed E-state index contributed by atoms with van der Waals surface area (Å²) in [7, 11) is 0. The van der Waals surface area contributed by atoms with Crippen molar-refractivity contribution in [3.63, 3.8) is 0 Å². The number of anilines is 1. The van der Waals surface area contributed by atoms with Gasteiger partial charge < -0.3 is 14.7 Å². The third kappa shape index (κ3) is 2.98. The molecule has 9 nitrogen and oxygen atoms in total. The number of hydrogen-bond acceptors (Lipinski definition) is 7. The van der Waals surface area contributed by atoms with E-state index < -0.39 is 29.7 Å². The summed E-state index contributed by atoms with van der Waals surface area (Å²) < 4.78 is 5.43. The minimum atomic E-state index is -0.972. The molecular formula is C18H19N3O6. The summed E-state index contributed by atoms with van der Waals surface area (Å²) in [6.07, 6.45) is -0.0833. The van der Waals surface area contributed by atoms with Gasteiger partial charge in [0, 0.05) is 25.2 Å². The first kappa shape index (κ1) is 17.6. The number of carbonyl (C=O) groups excluding carboxylic acids is 4. The molecule has 27 heavy (non-hydrogen) atoms. The van der Waals surface area contributed by atoms with Gasteiger partial charge in [0.05, 0.1) is 30.4 Å². The number of ether oxygens (including phenoxy) is 1. The van der Waals surface area contributed by atoms with E-state index in [2.05, 4.69) is 5.32 Å². The Morgan fingerprint density at radius 3 is 2.67 bits per heavy atom. The minimum Gasteiger partial charge on any atom is -0.394 e. The van der Waals surface area contributed by atoms with Crippen LogP contribution in [0.25, 0.3) is 0 Å². The molecule has 3 heterocycles. The third-order valence-corrected chi connectivity index (χ3v) is 5.13. The summed E-state index contributed by atoms with van der Waals surface area (Å²) in [6, 6.07) is 4.00. The summed E-state index contributed by atoms with van der Waals surface area (Å²) in [5.41, 5.74) is 1.25. The molecule has 4 amide bonds. The van der Waals surface area contributed by atoms with Crippen molar-refractivity contribution in [3.8, 4) is 0 Å². The maximum Gasteiger partial charge on any atom is 0.262 e. The number of piperidine rings is 1. The van der Waals surface area contributed by atoms with Crippen LogP contribution < -0.4 is 10.2 Å². The number of aliphatic hydroxyl groups excluding tert-OH is 1. The van der Waals surface area contributed by atoms with Crippen molar-refractivity contribution in [3.05, 3.63) is 29.3 Å². The number of rotatable bonds is 3. The van der Waals surface area contributed by atoms with Crippen molar-refractivity contribution in [2.45, 2.75) is 25.0 Å². The van der Waals surface area contributed by atoms with Crippen molar-refractivity contribution in [1.82, 2.24) is 10.2 Å². The summed E-state index contributed by atoms with van der Waals surface area (Å²) in [6.45, 7) is 1.45. The Labute approximate surface area is 154 Å². The molecule has 0 bridgehead atoms. The van der Waals surface area contributed by atoms with E-state index in [0.717, 1.165) is 10.6 Å². The standard InChI is InChI=1S/C18H19N3O6/c22-9-11-8-20(5-6-27-11)10-1-2-12-13(7-10)18(26)21(17(12)25)14-3-4-15(23)19-16(14)24/h1-2,7,11,14,22H,3-6,8-9H2,(H,19,23,24)/t11-,14+/m0/s1. The number of nitrogens with one attached hydrogen (secondary N) is 1. The number of imide groups is 2. The van der Waals surface area contributed by atoms with Gasteiger partial charge in [-0.3, -0.25) is 29.4 Å². The Bertz CT molecular complexity index is 838. The van der Waals surface area contributed by atoms with E-state index in [0.29, 0.717) is 19.7 Å². The molecular weight excluding hydrogens is 354 g/mol. The highest BCUT2D eigenvalue weighted by molar-refractivity contribution is 6.23. The lowest BCUT2D eigenvalue weighted by Gasteiger charge is -2.33. The highest BCUT2D eigenvalue weighted by Gasteiger charge is 2.44. The predicted octanol–water partition coefficient (Wildman–Crippen LogP) is -0.715. The van der Waals surface area contributed by atoms with Crippen LogP contribution in [-0.4, -0.2) is 72.1 Å². The third-order valence-electron chi connectivity index (χ3n) is 5.13. The lowest BCUT2D eigenvalue weighted by atomic mass is 10.0. The van der Waals surface area contributed by atoms with Crippen LogP contribution in [0.3, 0.4) is 0 Å². The lowest BCUT2D eigenvalue weighted by molar-refractivity contribution is -0.136. The van der Waals surface area contributed by atoms with Gasteiger partial charge in [-0.05, 0) is 24.6 Å². The molecule has 0 aromatic heterocycles. The number of fused-ring (bicyclic) bond motifs is 1. The summed E-state index contributed by atoms with van der Waals surface area (Å²) >= 11 is 0. The molecule has 0 unspecified atom stereocenters. The second-order valence-electron chi connectivity index (χ2n) is 6.80. The molecule has 0 aliphatic carbocycles. The number of amides is 4. The van der Waals surface area contributed by atoms with E-state index >= 15 is 0 Å². The van der Waals surface area contributed by atoms with Crippen LogP contribution in [-0.2, 0) is 14.3 Å². The van der Waals surface area contributed by atoms with E-state index in [1.807, 2.05) is 4.90 Å². The van der Waals surface area contributed by atoms with Crippen LogP contribution in [0.4, 0.5) is 5.69 Å². The molecule has 2 N–H and O–H groups in total. The fourth-order valence-electron chi connectivity index (χ4n) is 3.72. The van der Waals surface area contributed by atoms with Gasteiger partial charge in [0.1, 0.15) is 6.04 Å². The van der Waals surface area contributed by atoms with E-state index in [1.54, 1.807) is 18.2 Å². The van der Waals surface area contributed by atoms with Crippen LogP contribution in [0.2, 0.25) is 0 Å². The summed E-state index contributed by atoms with van der Waals surface area (Å²) in [4.78, 5) is 51.9. The Morgan fingerprint density at radius 1 is 1.15 bits per heavy atom. The number of aliphatic hydroxyl groups is 1. The summed E-state index contributed by atoms with van der Waals surface area (Å²) in [5, 5.41) is 11.5. The number of hydrogen-bond donors (Lipinski definition) is 2. The highest BCUT2D eigenvalue weighted by Crippen LogP contribution is 2.31. The van der Waals surface area contributed by atoms with Crippen LogP contribution in [0.5, 0.6) is 0 Å².